The first kappa shape index (κ1) is 17.7. The first-order chi connectivity index (χ1) is 13.1. The van der Waals surface area contributed by atoms with Gasteiger partial charge in [0.1, 0.15) is 0 Å². The molecule has 2 aromatic rings. The standard InChI is InChI=1S/C21H21N3O2S/c25-19(10-9-15-5-2-1-3-6-15)22-21(27)23-12-16-11-17(14-23)18-7-4-8-20(26)24(18)13-16/h1-10,16-17H,11-14H2,(H,22,25,27). The number of likely N-dealkylation sites (tertiary alicyclic amines) is 1. The highest BCUT2D eigenvalue weighted by molar-refractivity contribution is 7.80. The van der Waals surface area contributed by atoms with Crippen LogP contribution in [0, 0.1) is 5.92 Å². The summed E-state index contributed by atoms with van der Waals surface area (Å²) in [6.07, 6.45) is 4.33. The molecule has 2 atom stereocenters. The second-order valence-electron chi connectivity index (χ2n) is 7.14. The van der Waals surface area contributed by atoms with Gasteiger partial charge < -0.3 is 9.47 Å². The van der Waals surface area contributed by atoms with Gasteiger partial charge in [0.15, 0.2) is 5.11 Å². The highest BCUT2D eigenvalue weighted by Crippen LogP contribution is 2.34. The molecular weight excluding hydrogens is 358 g/mol. The van der Waals surface area contributed by atoms with Crippen LogP contribution in [0.15, 0.2) is 59.4 Å². The van der Waals surface area contributed by atoms with Gasteiger partial charge in [-0.1, -0.05) is 36.4 Å². The molecule has 5 nitrogen and oxygen atoms in total. The number of carbonyl (C=O) groups excluding carboxylic acids is 1. The van der Waals surface area contributed by atoms with Gasteiger partial charge in [0.05, 0.1) is 0 Å². The molecule has 138 valence electrons. The SMILES string of the molecule is O=C(C=Cc1ccccc1)NC(=S)N1CC2CC(C1)c1cccc(=O)n1C2. The number of thiocarbonyl (C=S) groups is 1. The fourth-order valence-electron chi connectivity index (χ4n) is 4.02. The van der Waals surface area contributed by atoms with Crippen LogP contribution in [-0.2, 0) is 11.3 Å². The van der Waals surface area contributed by atoms with Gasteiger partial charge in [-0.3, -0.25) is 14.9 Å². The van der Waals surface area contributed by atoms with E-state index in [1.54, 1.807) is 12.1 Å². The van der Waals surface area contributed by atoms with Crippen LogP contribution in [0.4, 0.5) is 0 Å². The van der Waals surface area contributed by atoms with E-state index in [9.17, 15) is 9.59 Å². The summed E-state index contributed by atoms with van der Waals surface area (Å²) in [7, 11) is 0. The smallest absolute Gasteiger partial charge is 0.250 e. The zero-order chi connectivity index (χ0) is 18.8. The first-order valence-electron chi connectivity index (χ1n) is 9.13. The number of piperidine rings is 1. The Hall–Kier alpha value is -2.73. The Morgan fingerprint density at radius 2 is 1.89 bits per heavy atom. The second-order valence-corrected chi connectivity index (χ2v) is 7.53. The van der Waals surface area contributed by atoms with Crippen LogP contribution in [0.2, 0.25) is 0 Å². The number of fused-ring (bicyclic) bond motifs is 4. The molecule has 2 bridgehead atoms. The van der Waals surface area contributed by atoms with Crippen molar-refractivity contribution in [2.45, 2.75) is 18.9 Å². The molecule has 0 spiro atoms. The van der Waals surface area contributed by atoms with E-state index in [-0.39, 0.29) is 17.4 Å². The number of nitrogens with zero attached hydrogens (tertiary/aromatic N) is 2. The minimum absolute atomic E-state index is 0.0672. The summed E-state index contributed by atoms with van der Waals surface area (Å²) in [5.41, 5.74) is 2.10. The molecule has 1 fully saturated rings. The third-order valence-electron chi connectivity index (χ3n) is 5.22. The number of rotatable bonds is 2. The number of amides is 1. The largest absolute Gasteiger partial charge is 0.348 e. The normalized spacial score (nSPS) is 21.0. The average molecular weight is 379 g/mol. The first-order valence-corrected chi connectivity index (χ1v) is 9.54. The van der Waals surface area contributed by atoms with Crippen molar-refractivity contribution in [2.75, 3.05) is 13.1 Å². The van der Waals surface area contributed by atoms with Crippen molar-refractivity contribution in [3.63, 3.8) is 0 Å². The van der Waals surface area contributed by atoms with Crippen molar-refractivity contribution in [2.24, 2.45) is 5.92 Å². The molecule has 0 radical (unpaired) electrons. The van der Waals surface area contributed by atoms with Crippen molar-refractivity contribution in [3.05, 3.63) is 76.2 Å². The van der Waals surface area contributed by atoms with Gasteiger partial charge in [0.2, 0.25) is 5.91 Å². The van der Waals surface area contributed by atoms with E-state index >= 15 is 0 Å². The molecule has 3 heterocycles. The van der Waals surface area contributed by atoms with Crippen LogP contribution >= 0.6 is 12.2 Å². The maximum absolute atomic E-state index is 12.2. The van der Waals surface area contributed by atoms with Crippen LogP contribution in [-0.4, -0.2) is 33.6 Å². The summed E-state index contributed by atoms with van der Waals surface area (Å²) < 4.78 is 1.89. The molecule has 1 aromatic carbocycles. The Labute approximate surface area is 163 Å². The third-order valence-corrected chi connectivity index (χ3v) is 5.58. The molecule has 0 saturated carbocycles. The van der Waals surface area contributed by atoms with Gasteiger partial charge >= 0.3 is 0 Å². The number of hydrogen-bond acceptors (Lipinski definition) is 3. The highest BCUT2D eigenvalue weighted by atomic mass is 32.1. The maximum Gasteiger partial charge on any atom is 0.250 e. The molecule has 4 rings (SSSR count). The van der Waals surface area contributed by atoms with Crippen molar-refractivity contribution < 1.29 is 4.79 Å². The summed E-state index contributed by atoms with van der Waals surface area (Å²) in [6, 6.07) is 15.1. The van der Waals surface area contributed by atoms with E-state index in [0.29, 0.717) is 17.6 Å². The molecule has 1 N–H and O–H groups in total. The molecule has 2 aliphatic rings. The van der Waals surface area contributed by atoms with E-state index < -0.39 is 0 Å². The second kappa shape index (κ2) is 7.48. The van der Waals surface area contributed by atoms with E-state index in [2.05, 4.69) is 10.2 Å². The zero-order valence-electron chi connectivity index (χ0n) is 14.9. The quantitative estimate of drug-likeness (QED) is 0.643. The number of carbonyl (C=O) groups is 1. The van der Waals surface area contributed by atoms with Crippen molar-refractivity contribution in [1.82, 2.24) is 14.8 Å². The predicted molar refractivity (Wildman–Crippen MR) is 109 cm³/mol. The molecule has 1 amide bonds. The number of hydrogen-bond donors (Lipinski definition) is 1. The number of benzene rings is 1. The van der Waals surface area contributed by atoms with Crippen LogP contribution in [0.5, 0.6) is 0 Å². The van der Waals surface area contributed by atoms with Gasteiger partial charge in [-0.15, -0.1) is 0 Å². The molecule has 6 heteroatoms. The molecule has 0 aliphatic carbocycles. The lowest BCUT2D eigenvalue weighted by Gasteiger charge is -2.43. The van der Waals surface area contributed by atoms with Crippen LogP contribution < -0.4 is 10.9 Å². The fraction of sp³-hybridized carbons (Fsp3) is 0.286. The van der Waals surface area contributed by atoms with Crippen LogP contribution in [0.1, 0.15) is 23.6 Å². The van der Waals surface area contributed by atoms with Gasteiger partial charge in [-0.25, -0.2) is 0 Å². The van der Waals surface area contributed by atoms with Gasteiger partial charge in [-0.05, 0) is 42.3 Å². The molecule has 2 aliphatic heterocycles. The highest BCUT2D eigenvalue weighted by Gasteiger charge is 2.35. The zero-order valence-corrected chi connectivity index (χ0v) is 15.7. The minimum atomic E-state index is -0.226. The van der Waals surface area contributed by atoms with E-state index in [1.165, 1.54) is 6.08 Å². The summed E-state index contributed by atoms with van der Waals surface area (Å²) in [5.74, 6) is 0.406. The van der Waals surface area contributed by atoms with E-state index in [4.69, 9.17) is 12.2 Å². The molecule has 1 saturated heterocycles. The number of aromatic nitrogens is 1. The lowest BCUT2D eigenvalue weighted by Crippen LogP contribution is -2.52. The lowest BCUT2D eigenvalue weighted by atomic mass is 9.83. The molecular formula is C21H21N3O2S. The van der Waals surface area contributed by atoms with Gasteiger partial charge in [0.25, 0.3) is 5.56 Å². The Kier molecular flexibility index (Phi) is 4.90. The van der Waals surface area contributed by atoms with E-state index in [0.717, 1.165) is 30.8 Å². The Balaban J connectivity index is 1.41. The topological polar surface area (TPSA) is 54.3 Å². The maximum atomic E-state index is 12.2. The van der Waals surface area contributed by atoms with Gasteiger partial charge in [-0.2, -0.15) is 0 Å². The lowest BCUT2D eigenvalue weighted by molar-refractivity contribution is -0.115. The molecule has 2 unspecified atom stereocenters. The summed E-state index contributed by atoms with van der Waals surface area (Å²) in [4.78, 5) is 26.4. The number of nitrogens with one attached hydrogen (secondary N) is 1. The summed E-state index contributed by atoms with van der Waals surface area (Å²) in [6.45, 7) is 2.20. The van der Waals surface area contributed by atoms with Crippen molar-refractivity contribution >= 4 is 29.3 Å². The summed E-state index contributed by atoms with van der Waals surface area (Å²) >= 11 is 5.47. The van der Waals surface area contributed by atoms with Crippen LogP contribution in [0.25, 0.3) is 6.08 Å². The summed E-state index contributed by atoms with van der Waals surface area (Å²) in [5, 5.41) is 3.27. The third kappa shape index (κ3) is 3.85. The molecule has 1 aromatic heterocycles. The van der Waals surface area contributed by atoms with Gasteiger partial charge in [0, 0.05) is 43.4 Å². The monoisotopic (exact) mass is 379 g/mol. The minimum Gasteiger partial charge on any atom is -0.348 e. The van der Waals surface area contributed by atoms with E-state index in [1.807, 2.05) is 47.0 Å². The Bertz CT molecular complexity index is 951. The fourth-order valence-corrected chi connectivity index (χ4v) is 4.27. The molecule has 27 heavy (non-hydrogen) atoms. The average Bonchev–Trinajstić information content (AvgIpc) is 2.68. The Morgan fingerprint density at radius 1 is 1.07 bits per heavy atom. The van der Waals surface area contributed by atoms with Crippen molar-refractivity contribution in [3.8, 4) is 0 Å². The van der Waals surface area contributed by atoms with Crippen LogP contribution in [0.3, 0.4) is 0 Å². The predicted octanol–water partition coefficient (Wildman–Crippen LogP) is 2.38. The number of pyridine rings is 1. The van der Waals surface area contributed by atoms with Crippen molar-refractivity contribution in [1.29, 1.82) is 0 Å². The Morgan fingerprint density at radius 3 is 2.70 bits per heavy atom.